The highest BCUT2D eigenvalue weighted by atomic mass is 16.2. The number of nitrogens with zero attached hydrogens (tertiary/aromatic N) is 5. The van der Waals surface area contributed by atoms with Gasteiger partial charge in [0.2, 0.25) is 0 Å². The Morgan fingerprint density at radius 1 is 1.12 bits per heavy atom. The van der Waals surface area contributed by atoms with Gasteiger partial charge >= 0.3 is 5.69 Å². The topological polar surface area (TPSA) is 109 Å². The van der Waals surface area contributed by atoms with Gasteiger partial charge in [-0.15, -0.1) is 0 Å². The summed E-state index contributed by atoms with van der Waals surface area (Å²) in [4.78, 5) is 42.9. The zero-order chi connectivity index (χ0) is 23.5. The van der Waals surface area contributed by atoms with Gasteiger partial charge in [-0.05, 0) is 43.9 Å². The third-order valence-electron chi connectivity index (χ3n) is 6.31. The molecule has 4 heterocycles. The molecule has 0 atom stereocenters. The van der Waals surface area contributed by atoms with Crippen LogP contribution in [0.4, 0.5) is 5.82 Å². The van der Waals surface area contributed by atoms with Gasteiger partial charge in [-0.1, -0.05) is 29.8 Å². The number of aromatic amines is 1. The van der Waals surface area contributed by atoms with Gasteiger partial charge in [0.15, 0.2) is 5.65 Å². The second-order valence-electron chi connectivity index (χ2n) is 8.65. The Morgan fingerprint density at radius 3 is 2.79 bits per heavy atom. The van der Waals surface area contributed by atoms with Gasteiger partial charge in [0.25, 0.3) is 5.91 Å². The second-order valence-corrected chi connectivity index (χ2v) is 8.65. The fourth-order valence-corrected chi connectivity index (χ4v) is 4.60. The van der Waals surface area contributed by atoms with E-state index in [-0.39, 0.29) is 17.6 Å². The summed E-state index contributed by atoms with van der Waals surface area (Å²) in [7, 11) is 0. The average Bonchev–Trinajstić information content (AvgIpc) is 3.20. The molecule has 0 radical (unpaired) electrons. The first-order valence-corrected chi connectivity index (χ1v) is 11.5. The molecule has 1 saturated heterocycles. The Labute approximate surface area is 196 Å². The molecule has 5 rings (SSSR count). The number of nitrogens with one attached hydrogen (secondary N) is 2. The zero-order valence-electron chi connectivity index (χ0n) is 19.1. The van der Waals surface area contributed by atoms with E-state index in [4.69, 9.17) is 0 Å². The molecule has 9 nitrogen and oxygen atoms in total. The van der Waals surface area contributed by atoms with Crippen LogP contribution >= 0.6 is 0 Å². The molecule has 3 aromatic heterocycles. The van der Waals surface area contributed by atoms with Gasteiger partial charge in [-0.25, -0.2) is 19.7 Å². The lowest BCUT2D eigenvalue weighted by molar-refractivity contribution is 0.0949. The minimum absolute atomic E-state index is 0.0907. The van der Waals surface area contributed by atoms with E-state index in [0.717, 1.165) is 43.7 Å². The maximum atomic E-state index is 12.6. The van der Waals surface area contributed by atoms with E-state index >= 15 is 0 Å². The van der Waals surface area contributed by atoms with Crippen molar-refractivity contribution < 1.29 is 4.79 Å². The second kappa shape index (κ2) is 9.46. The number of rotatable bonds is 6. The van der Waals surface area contributed by atoms with E-state index in [1.54, 1.807) is 12.3 Å². The van der Waals surface area contributed by atoms with Crippen LogP contribution in [0.3, 0.4) is 0 Å². The number of aromatic nitrogens is 5. The first-order valence-electron chi connectivity index (χ1n) is 11.5. The number of fused-ring (bicyclic) bond motifs is 1. The predicted molar refractivity (Wildman–Crippen MR) is 130 cm³/mol. The number of imidazole rings is 1. The molecule has 1 fully saturated rings. The minimum atomic E-state index is -0.205. The highest BCUT2D eigenvalue weighted by Crippen LogP contribution is 2.26. The van der Waals surface area contributed by atoms with Crippen molar-refractivity contribution in [1.29, 1.82) is 0 Å². The summed E-state index contributed by atoms with van der Waals surface area (Å²) in [6.45, 7) is 4.06. The van der Waals surface area contributed by atoms with Crippen LogP contribution in [-0.4, -0.2) is 50.0 Å². The van der Waals surface area contributed by atoms with E-state index in [0.29, 0.717) is 17.9 Å². The predicted octanol–water partition coefficient (Wildman–Crippen LogP) is 2.64. The van der Waals surface area contributed by atoms with Crippen LogP contribution in [0.5, 0.6) is 0 Å². The highest BCUT2D eigenvalue weighted by molar-refractivity contribution is 5.92. The number of benzene rings is 1. The van der Waals surface area contributed by atoms with Crippen molar-refractivity contribution in [1.82, 2.24) is 29.8 Å². The summed E-state index contributed by atoms with van der Waals surface area (Å²) in [5.74, 6) is 0.522. The summed E-state index contributed by atoms with van der Waals surface area (Å²) in [6.07, 6.45) is 5.47. The number of carbonyl (C=O) groups is 1. The molecule has 0 saturated carbocycles. The van der Waals surface area contributed by atoms with E-state index in [2.05, 4.69) is 55.3 Å². The molecule has 174 valence electrons. The van der Waals surface area contributed by atoms with Gasteiger partial charge in [0.05, 0.1) is 5.52 Å². The van der Waals surface area contributed by atoms with Crippen molar-refractivity contribution in [3.63, 3.8) is 0 Å². The van der Waals surface area contributed by atoms with Crippen LogP contribution < -0.4 is 15.9 Å². The van der Waals surface area contributed by atoms with E-state index in [9.17, 15) is 9.59 Å². The summed E-state index contributed by atoms with van der Waals surface area (Å²) >= 11 is 0. The molecule has 34 heavy (non-hydrogen) atoms. The van der Waals surface area contributed by atoms with E-state index in [1.165, 1.54) is 17.5 Å². The molecule has 1 aliphatic heterocycles. The van der Waals surface area contributed by atoms with Crippen molar-refractivity contribution in [3.8, 4) is 0 Å². The maximum absolute atomic E-state index is 12.6. The SMILES string of the molecule is Cc1cccc(CCNC(=O)c2cc(N3CCC(n4c(=O)[nH]c5ncccc54)CC3)ncn2)c1. The smallest absolute Gasteiger partial charge is 0.327 e. The summed E-state index contributed by atoms with van der Waals surface area (Å²) in [6, 6.07) is 13.9. The molecular weight excluding hydrogens is 430 g/mol. The number of carbonyl (C=O) groups excluding carboxylic acids is 1. The normalized spacial score (nSPS) is 14.4. The standard InChI is InChI=1S/C25H27N7O2/c1-17-4-2-5-18(14-17)7-11-27-24(33)20-15-22(29-16-28-20)31-12-8-19(9-13-31)32-21-6-3-10-26-23(21)30-25(32)34/h2-6,10,14-16,19H,7-9,11-13H2,1H3,(H,27,33)(H,26,30,34). The molecule has 1 aromatic carbocycles. The van der Waals surface area contributed by atoms with Crippen molar-refractivity contribution in [2.75, 3.05) is 24.5 Å². The number of anilines is 1. The lowest BCUT2D eigenvalue weighted by atomic mass is 10.0. The van der Waals surface area contributed by atoms with Crippen LogP contribution in [-0.2, 0) is 6.42 Å². The van der Waals surface area contributed by atoms with Crippen LogP contribution in [0.1, 0.15) is 40.5 Å². The third kappa shape index (κ3) is 4.54. The Balaban J connectivity index is 1.20. The maximum Gasteiger partial charge on any atom is 0.327 e. The van der Waals surface area contributed by atoms with Crippen LogP contribution in [0.2, 0.25) is 0 Å². The molecule has 0 spiro atoms. The van der Waals surface area contributed by atoms with Gasteiger partial charge in [0, 0.05) is 37.9 Å². The quantitative estimate of drug-likeness (QED) is 0.461. The summed E-state index contributed by atoms with van der Waals surface area (Å²) in [5, 5.41) is 2.95. The summed E-state index contributed by atoms with van der Waals surface area (Å²) in [5.41, 5.74) is 4.08. The Kier molecular flexibility index (Phi) is 6.07. The summed E-state index contributed by atoms with van der Waals surface area (Å²) < 4.78 is 1.81. The molecule has 0 unspecified atom stereocenters. The average molecular weight is 458 g/mol. The lowest BCUT2D eigenvalue weighted by Crippen LogP contribution is -2.37. The number of hydrogen-bond donors (Lipinski definition) is 2. The van der Waals surface area contributed by atoms with Gasteiger partial charge in [-0.2, -0.15) is 0 Å². The van der Waals surface area contributed by atoms with Gasteiger partial charge < -0.3 is 10.2 Å². The Hall–Kier alpha value is -4.01. The number of amides is 1. The van der Waals surface area contributed by atoms with E-state index < -0.39 is 0 Å². The number of pyridine rings is 1. The molecule has 0 aliphatic carbocycles. The lowest BCUT2D eigenvalue weighted by Gasteiger charge is -2.33. The number of hydrogen-bond acceptors (Lipinski definition) is 6. The minimum Gasteiger partial charge on any atom is -0.356 e. The largest absolute Gasteiger partial charge is 0.356 e. The van der Waals surface area contributed by atoms with Crippen molar-refractivity contribution >= 4 is 22.9 Å². The Bertz CT molecular complexity index is 1370. The first-order chi connectivity index (χ1) is 16.6. The van der Waals surface area contributed by atoms with Crippen molar-refractivity contribution in [2.45, 2.75) is 32.2 Å². The fourth-order valence-electron chi connectivity index (χ4n) is 4.60. The van der Waals surface area contributed by atoms with Crippen LogP contribution in [0, 0.1) is 6.92 Å². The molecule has 9 heteroatoms. The molecular formula is C25H27N7O2. The van der Waals surface area contributed by atoms with Crippen molar-refractivity contribution in [3.05, 3.63) is 82.3 Å². The molecule has 0 bridgehead atoms. The Morgan fingerprint density at radius 2 is 1.97 bits per heavy atom. The molecule has 1 amide bonds. The third-order valence-corrected chi connectivity index (χ3v) is 6.31. The molecule has 2 N–H and O–H groups in total. The van der Waals surface area contributed by atoms with Crippen molar-refractivity contribution in [2.24, 2.45) is 0 Å². The van der Waals surface area contributed by atoms with Crippen LogP contribution in [0.25, 0.3) is 11.2 Å². The fraction of sp³-hybridized carbons (Fsp3) is 0.320. The van der Waals surface area contributed by atoms with E-state index in [1.807, 2.05) is 22.8 Å². The number of piperidine rings is 1. The van der Waals surface area contributed by atoms with Crippen LogP contribution in [0.15, 0.2) is 59.8 Å². The number of aryl methyl sites for hydroxylation is 1. The van der Waals surface area contributed by atoms with Gasteiger partial charge in [0.1, 0.15) is 17.8 Å². The van der Waals surface area contributed by atoms with Gasteiger partial charge in [-0.3, -0.25) is 14.3 Å². The molecule has 1 aliphatic rings. The zero-order valence-corrected chi connectivity index (χ0v) is 19.1. The number of H-pyrrole nitrogens is 1. The first kappa shape index (κ1) is 21.8. The molecule has 4 aromatic rings. The highest BCUT2D eigenvalue weighted by Gasteiger charge is 2.25. The monoisotopic (exact) mass is 457 g/mol.